The molecule has 1 fully saturated rings. The summed E-state index contributed by atoms with van der Waals surface area (Å²) < 4.78 is 0. The minimum absolute atomic E-state index is 0.606. The zero-order chi connectivity index (χ0) is 13.1. The number of carboxylic acids is 1. The van der Waals surface area contributed by atoms with Gasteiger partial charge in [-0.25, -0.2) is 0 Å². The van der Waals surface area contributed by atoms with Crippen LogP contribution >= 0.6 is 0 Å². The predicted molar refractivity (Wildman–Crippen MR) is 69.2 cm³/mol. The van der Waals surface area contributed by atoms with E-state index in [9.17, 15) is 4.79 Å². The molecule has 0 saturated carbocycles. The SMILES string of the molecule is CN(C)C1CCCN(CCC(C)(C)C(=O)O)C1. The number of likely N-dealkylation sites (tertiary alicyclic amines) is 1. The molecule has 1 N–H and O–H groups in total. The predicted octanol–water partition coefficient (Wildman–Crippen LogP) is 1.51. The molecule has 0 aromatic heterocycles. The van der Waals surface area contributed by atoms with Crippen molar-refractivity contribution in [2.45, 2.75) is 39.2 Å². The fourth-order valence-electron chi connectivity index (χ4n) is 2.20. The van der Waals surface area contributed by atoms with Crippen molar-refractivity contribution in [1.82, 2.24) is 9.80 Å². The molecular formula is C13H26N2O2. The van der Waals surface area contributed by atoms with E-state index in [1.807, 2.05) is 13.8 Å². The first-order valence-electron chi connectivity index (χ1n) is 6.45. The average Bonchev–Trinajstić information content (AvgIpc) is 2.26. The van der Waals surface area contributed by atoms with Crippen LogP contribution in [0.5, 0.6) is 0 Å². The second kappa shape index (κ2) is 5.83. The maximum absolute atomic E-state index is 11.0. The number of carboxylic acid groups (broad SMARTS) is 1. The summed E-state index contributed by atoms with van der Waals surface area (Å²) in [5.41, 5.74) is -0.606. The molecular weight excluding hydrogens is 216 g/mol. The largest absolute Gasteiger partial charge is 0.481 e. The van der Waals surface area contributed by atoms with Crippen LogP contribution in [0, 0.1) is 5.41 Å². The van der Waals surface area contributed by atoms with Gasteiger partial charge >= 0.3 is 5.97 Å². The molecule has 0 aromatic rings. The van der Waals surface area contributed by atoms with Gasteiger partial charge in [-0.1, -0.05) is 0 Å². The summed E-state index contributed by atoms with van der Waals surface area (Å²) in [6.07, 6.45) is 3.20. The monoisotopic (exact) mass is 242 g/mol. The number of piperidine rings is 1. The van der Waals surface area contributed by atoms with Gasteiger partial charge in [0.25, 0.3) is 0 Å². The lowest BCUT2D eigenvalue weighted by Crippen LogP contribution is -2.46. The molecule has 1 saturated heterocycles. The van der Waals surface area contributed by atoms with Crippen LogP contribution in [0.4, 0.5) is 0 Å². The van der Waals surface area contributed by atoms with Gasteiger partial charge in [-0.3, -0.25) is 4.79 Å². The average molecular weight is 242 g/mol. The Morgan fingerprint density at radius 3 is 2.65 bits per heavy atom. The van der Waals surface area contributed by atoms with E-state index in [4.69, 9.17) is 5.11 Å². The fraction of sp³-hybridized carbons (Fsp3) is 0.923. The van der Waals surface area contributed by atoms with E-state index in [1.165, 1.54) is 12.8 Å². The quantitative estimate of drug-likeness (QED) is 0.794. The first-order chi connectivity index (χ1) is 7.83. The van der Waals surface area contributed by atoms with Crippen LogP contribution in [0.15, 0.2) is 0 Å². The third-order valence-electron chi connectivity index (χ3n) is 3.84. The van der Waals surface area contributed by atoms with Gasteiger partial charge in [-0.05, 0) is 60.3 Å². The van der Waals surface area contributed by atoms with E-state index in [1.54, 1.807) is 0 Å². The molecule has 4 heteroatoms. The van der Waals surface area contributed by atoms with Crippen LogP contribution in [0.1, 0.15) is 33.1 Å². The Morgan fingerprint density at radius 2 is 2.12 bits per heavy atom. The van der Waals surface area contributed by atoms with Crippen molar-refractivity contribution in [1.29, 1.82) is 0 Å². The number of hydrogen-bond acceptors (Lipinski definition) is 3. The lowest BCUT2D eigenvalue weighted by molar-refractivity contribution is -0.147. The van der Waals surface area contributed by atoms with E-state index < -0.39 is 11.4 Å². The number of aliphatic carboxylic acids is 1. The summed E-state index contributed by atoms with van der Waals surface area (Å²) in [6.45, 7) is 6.69. The molecule has 1 rings (SSSR count). The lowest BCUT2D eigenvalue weighted by atomic mass is 9.89. The Bertz CT molecular complexity index is 264. The van der Waals surface area contributed by atoms with Gasteiger partial charge in [0, 0.05) is 12.6 Å². The highest BCUT2D eigenvalue weighted by Crippen LogP contribution is 2.22. The summed E-state index contributed by atoms with van der Waals surface area (Å²) in [5.74, 6) is -0.696. The Labute approximate surface area is 105 Å². The maximum atomic E-state index is 11.0. The summed E-state index contributed by atoms with van der Waals surface area (Å²) in [5, 5.41) is 9.08. The second-order valence-electron chi connectivity index (χ2n) is 6.00. The van der Waals surface area contributed by atoms with E-state index in [0.29, 0.717) is 6.04 Å². The van der Waals surface area contributed by atoms with Crippen LogP contribution in [-0.2, 0) is 4.79 Å². The number of rotatable bonds is 5. The van der Waals surface area contributed by atoms with Crippen LogP contribution < -0.4 is 0 Å². The van der Waals surface area contributed by atoms with Gasteiger partial charge in [-0.2, -0.15) is 0 Å². The highest BCUT2D eigenvalue weighted by atomic mass is 16.4. The van der Waals surface area contributed by atoms with E-state index in [2.05, 4.69) is 23.9 Å². The summed E-state index contributed by atoms with van der Waals surface area (Å²) in [6, 6.07) is 0.622. The number of likely N-dealkylation sites (N-methyl/N-ethyl adjacent to an activating group) is 1. The molecule has 1 aliphatic heterocycles. The number of hydrogen-bond donors (Lipinski definition) is 1. The van der Waals surface area contributed by atoms with Crippen molar-refractivity contribution in [3.05, 3.63) is 0 Å². The standard InChI is InChI=1S/C13H26N2O2/c1-13(2,12(16)17)7-9-15-8-5-6-11(10-15)14(3)4/h11H,5-10H2,1-4H3,(H,16,17). The maximum Gasteiger partial charge on any atom is 0.309 e. The van der Waals surface area contributed by atoms with Crippen LogP contribution in [0.2, 0.25) is 0 Å². The third-order valence-corrected chi connectivity index (χ3v) is 3.84. The highest BCUT2D eigenvalue weighted by molar-refractivity contribution is 5.73. The van der Waals surface area contributed by atoms with E-state index in [0.717, 1.165) is 26.1 Å². The number of carbonyl (C=O) groups is 1. The Balaban J connectivity index is 2.39. The van der Waals surface area contributed by atoms with Gasteiger partial charge in [0.2, 0.25) is 0 Å². The zero-order valence-electron chi connectivity index (χ0n) is 11.6. The molecule has 17 heavy (non-hydrogen) atoms. The van der Waals surface area contributed by atoms with Crippen molar-refractivity contribution in [3.8, 4) is 0 Å². The molecule has 1 unspecified atom stereocenters. The molecule has 0 aromatic carbocycles. The highest BCUT2D eigenvalue weighted by Gasteiger charge is 2.29. The van der Waals surface area contributed by atoms with Gasteiger partial charge in [0.05, 0.1) is 5.41 Å². The van der Waals surface area contributed by atoms with Gasteiger partial charge in [0.1, 0.15) is 0 Å². The molecule has 0 radical (unpaired) electrons. The molecule has 0 bridgehead atoms. The molecule has 1 atom stereocenters. The first-order valence-corrected chi connectivity index (χ1v) is 6.45. The summed E-state index contributed by atoms with van der Waals surface area (Å²) >= 11 is 0. The van der Waals surface area contributed by atoms with Gasteiger partial charge in [-0.15, -0.1) is 0 Å². The number of nitrogens with zero attached hydrogens (tertiary/aromatic N) is 2. The van der Waals surface area contributed by atoms with Crippen molar-refractivity contribution in [3.63, 3.8) is 0 Å². The summed E-state index contributed by atoms with van der Waals surface area (Å²) in [7, 11) is 4.24. The van der Waals surface area contributed by atoms with Crippen molar-refractivity contribution < 1.29 is 9.90 Å². The molecule has 0 spiro atoms. The molecule has 4 nitrogen and oxygen atoms in total. The molecule has 100 valence electrons. The second-order valence-corrected chi connectivity index (χ2v) is 6.00. The molecule has 0 aliphatic carbocycles. The lowest BCUT2D eigenvalue weighted by Gasteiger charge is -2.37. The van der Waals surface area contributed by atoms with Crippen molar-refractivity contribution in [2.24, 2.45) is 5.41 Å². The third kappa shape index (κ3) is 4.28. The zero-order valence-corrected chi connectivity index (χ0v) is 11.6. The Kier molecular flexibility index (Phi) is 4.95. The van der Waals surface area contributed by atoms with Crippen LogP contribution in [0.25, 0.3) is 0 Å². The van der Waals surface area contributed by atoms with Gasteiger partial charge in [0.15, 0.2) is 0 Å². The van der Waals surface area contributed by atoms with E-state index in [-0.39, 0.29) is 0 Å². The van der Waals surface area contributed by atoms with Crippen LogP contribution in [0.3, 0.4) is 0 Å². The minimum atomic E-state index is -0.696. The molecule has 1 aliphatic rings. The van der Waals surface area contributed by atoms with E-state index >= 15 is 0 Å². The minimum Gasteiger partial charge on any atom is -0.481 e. The Morgan fingerprint density at radius 1 is 1.47 bits per heavy atom. The first kappa shape index (κ1) is 14.5. The van der Waals surface area contributed by atoms with Crippen molar-refractivity contribution >= 4 is 5.97 Å². The van der Waals surface area contributed by atoms with Gasteiger partial charge < -0.3 is 14.9 Å². The normalized spacial score (nSPS) is 23.0. The molecule has 1 heterocycles. The van der Waals surface area contributed by atoms with Crippen LogP contribution in [-0.4, -0.2) is 60.6 Å². The fourth-order valence-corrected chi connectivity index (χ4v) is 2.20. The Hall–Kier alpha value is -0.610. The molecule has 0 amide bonds. The smallest absolute Gasteiger partial charge is 0.309 e. The van der Waals surface area contributed by atoms with Crippen molar-refractivity contribution in [2.75, 3.05) is 33.7 Å². The summed E-state index contributed by atoms with van der Waals surface area (Å²) in [4.78, 5) is 15.7. The topological polar surface area (TPSA) is 43.8 Å².